The zero-order valence-electron chi connectivity index (χ0n) is 18.2. The van der Waals surface area contributed by atoms with Crippen molar-refractivity contribution in [2.75, 3.05) is 25.0 Å². The number of benzene rings is 2. The van der Waals surface area contributed by atoms with Crippen LogP contribution in [0.25, 0.3) is 0 Å². The van der Waals surface area contributed by atoms with Crippen molar-refractivity contribution in [3.63, 3.8) is 0 Å². The minimum absolute atomic E-state index is 0.00501. The van der Waals surface area contributed by atoms with Crippen LogP contribution in [0.15, 0.2) is 36.4 Å². The largest absolute Gasteiger partial charge is 0.494 e. The number of ether oxygens (including phenoxy) is 1. The number of Topliss-reactive ketones (excluding diaryl/α,β-unsaturated/α-hetero) is 1. The van der Waals surface area contributed by atoms with Crippen LogP contribution in [0.2, 0.25) is 0 Å². The van der Waals surface area contributed by atoms with Gasteiger partial charge < -0.3 is 15.0 Å². The third-order valence-corrected chi connectivity index (χ3v) is 6.19. The van der Waals surface area contributed by atoms with E-state index in [0.29, 0.717) is 64.0 Å². The number of likely N-dealkylation sites (tertiary alicyclic amines) is 1. The van der Waals surface area contributed by atoms with E-state index in [1.807, 2.05) is 12.1 Å². The standard InChI is InChI=1S/C25H26F2N2O4/c26-18-4-6-21(27)20(15-18)25(32)16-9-11-29(12-10-16)24(31)2-1-13-33-19-5-7-22-17(14-19)3-8-23(30)28-22/h4-7,14-16H,1-3,8-13H2,(H,28,30). The minimum Gasteiger partial charge on any atom is -0.494 e. The van der Waals surface area contributed by atoms with Gasteiger partial charge in [-0.25, -0.2) is 8.78 Å². The van der Waals surface area contributed by atoms with Gasteiger partial charge in [-0.05, 0) is 67.6 Å². The fourth-order valence-electron chi connectivity index (χ4n) is 4.32. The zero-order valence-corrected chi connectivity index (χ0v) is 18.2. The smallest absolute Gasteiger partial charge is 0.224 e. The van der Waals surface area contributed by atoms with Crippen molar-refractivity contribution in [1.29, 1.82) is 0 Å². The summed E-state index contributed by atoms with van der Waals surface area (Å²) in [5, 5.41) is 2.83. The third kappa shape index (κ3) is 5.56. The Morgan fingerprint density at radius 1 is 1.06 bits per heavy atom. The van der Waals surface area contributed by atoms with E-state index in [-0.39, 0.29) is 17.4 Å². The molecule has 6 nitrogen and oxygen atoms in total. The van der Waals surface area contributed by atoms with Crippen LogP contribution in [0.3, 0.4) is 0 Å². The molecule has 1 saturated heterocycles. The molecular formula is C25H26F2N2O4. The van der Waals surface area contributed by atoms with Gasteiger partial charge in [0.2, 0.25) is 11.8 Å². The van der Waals surface area contributed by atoms with Gasteiger partial charge in [-0.2, -0.15) is 0 Å². The molecule has 33 heavy (non-hydrogen) atoms. The Bertz CT molecular complexity index is 1060. The second-order valence-corrected chi connectivity index (χ2v) is 8.46. The Hall–Kier alpha value is -3.29. The van der Waals surface area contributed by atoms with Crippen LogP contribution in [0.1, 0.15) is 48.0 Å². The molecule has 0 atom stereocenters. The number of halogens is 2. The molecule has 2 aliphatic heterocycles. The van der Waals surface area contributed by atoms with Crippen molar-refractivity contribution in [2.45, 2.75) is 38.5 Å². The van der Waals surface area contributed by atoms with Gasteiger partial charge in [-0.1, -0.05) is 0 Å². The number of aryl methyl sites for hydroxylation is 1. The summed E-state index contributed by atoms with van der Waals surface area (Å²) < 4.78 is 33.0. The summed E-state index contributed by atoms with van der Waals surface area (Å²) in [4.78, 5) is 38.2. The summed E-state index contributed by atoms with van der Waals surface area (Å²) in [5.74, 6) is -1.46. The fourth-order valence-corrected chi connectivity index (χ4v) is 4.32. The molecule has 2 amide bonds. The van der Waals surface area contributed by atoms with Gasteiger partial charge in [0, 0.05) is 37.5 Å². The first-order valence-corrected chi connectivity index (χ1v) is 11.2. The van der Waals surface area contributed by atoms with E-state index in [9.17, 15) is 23.2 Å². The molecule has 0 saturated carbocycles. The molecule has 1 fully saturated rings. The quantitative estimate of drug-likeness (QED) is 0.502. The van der Waals surface area contributed by atoms with E-state index < -0.39 is 23.3 Å². The summed E-state index contributed by atoms with van der Waals surface area (Å²) in [6.45, 7) is 1.23. The Morgan fingerprint density at radius 3 is 2.64 bits per heavy atom. The Labute approximate surface area is 190 Å². The van der Waals surface area contributed by atoms with E-state index in [1.54, 1.807) is 11.0 Å². The second kappa shape index (κ2) is 10.1. The molecule has 0 aliphatic carbocycles. The van der Waals surface area contributed by atoms with E-state index in [2.05, 4.69) is 5.32 Å². The highest BCUT2D eigenvalue weighted by molar-refractivity contribution is 5.98. The van der Waals surface area contributed by atoms with Gasteiger partial charge in [-0.15, -0.1) is 0 Å². The van der Waals surface area contributed by atoms with E-state index >= 15 is 0 Å². The van der Waals surface area contributed by atoms with Crippen LogP contribution in [0.4, 0.5) is 14.5 Å². The summed E-state index contributed by atoms with van der Waals surface area (Å²) in [7, 11) is 0. The van der Waals surface area contributed by atoms with E-state index in [4.69, 9.17) is 4.74 Å². The molecule has 2 aromatic rings. The van der Waals surface area contributed by atoms with Crippen molar-refractivity contribution in [3.8, 4) is 5.75 Å². The second-order valence-electron chi connectivity index (χ2n) is 8.46. The van der Waals surface area contributed by atoms with E-state index in [0.717, 1.165) is 29.4 Å². The number of rotatable bonds is 7. The van der Waals surface area contributed by atoms with Gasteiger partial charge in [0.15, 0.2) is 5.78 Å². The number of anilines is 1. The van der Waals surface area contributed by atoms with Crippen LogP contribution in [0.5, 0.6) is 5.75 Å². The van der Waals surface area contributed by atoms with Crippen LogP contribution in [-0.2, 0) is 16.0 Å². The maximum absolute atomic E-state index is 13.9. The first-order valence-electron chi connectivity index (χ1n) is 11.2. The molecule has 1 N–H and O–H groups in total. The van der Waals surface area contributed by atoms with Crippen LogP contribution < -0.4 is 10.1 Å². The zero-order chi connectivity index (χ0) is 23.4. The van der Waals surface area contributed by atoms with Gasteiger partial charge >= 0.3 is 0 Å². The first kappa shape index (κ1) is 22.9. The monoisotopic (exact) mass is 456 g/mol. The van der Waals surface area contributed by atoms with Gasteiger partial charge in [-0.3, -0.25) is 14.4 Å². The predicted octanol–water partition coefficient (Wildman–Crippen LogP) is 4.13. The highest BCUT2D eigenvalue weighted by Crippen LogP contribution is 2.27. The lowest BCUT2D eigenvalue weighted by atomic mass is 9.88. The number of carbonyl (C=O) groups excluding carboxylic acids is 3. The molecule has 174 valence electrons. The van der Waals surface area contributed by atoms with Gasteiger partial charge in [0.05, 0.1) is 12.2 Å². The molecule has 2 aliphatic rings. The van der Waals surface area contributed by atoms with Crippen LogP contribution in [-0.4, -0.2) is 42.2 Å². The molecule has 0 bridgehead atoms. The van der Waals surface area contributed by atoms with Crippen LogP contribution >= 0.6 is 0 Å². The molecule has 8 heteroatoms. The number of hydrogen-bond acceptors (Lipinski definition) is 4. The lowest BCUT2D eigenvalue weighted by Crippen LogP contribution is -2.40. The fraction of sp³-hybridized carbons (Fsp3) is 0.400. The number of piperidine rings is 1. The number of nitrogens with one attached hydrogen (secondary N) is 1. The van der Waals surface area contributed by atoms with Crippen LogP contribution in [0, 0.1) is 17.6 Å². The molecule has 0 radical (unpaired) electrons. The first-order chi connectivity index (χ1) is 15.9. The molecule has 2 heterocycles. The van der Waals surface area contributed by atoms with Gasteiger partial charge in [0.1, 0.15) is 17.4 Å². The molecule has 2 aromatic carbocycles. The van der Waals surface area contributed by atoms with Crippen molar-refractivity contribution in [1.82, 2.24) is 4.90 Å². The average Bonchev–Trinajstić information content (AvgIpc) is 2.83. The molecule has 0 spiro atoms. The topological polar surface area (TPSA) is 75.7 Å². The number of hydrogen-bond donors (Lipinski definition) is 1. The SMILES string of the molecule is O=C1CCc2cc(OCCCC(=O)N3CCC(C(=O)c4cc(F)ccc4F)CC3)ccc2N1. The summed E-state index contributed by atoms with van der Waals surface area (Å²) in [6, 6.07) is 8.43. The lowest BCUT2D eigenvalue weighted by molar-refractivity contribution is -0.132. The van der Waals surface area contributed by atoms with E-state index in [1.165, 1.54) is 0 Å². The van der Waals surface area contributed by atoms with Crippen molar-refractivity contribution >= 4 is 23.3 Å². The van der Waals surface area contributed by atoms with Crippen molar-refractivity contribution in [3.05, 3.63) is 59.2 Å². The maximum atomic E-state index is 13.9. The van der Waals surface area contributed by atoms with Crippen molar-refractivity contribution < 1.29 is 27.9 Å². The number of fused-ring (bicyclic) bond motifs is 1. The Morgan fingerprint density at radius 2 is 1.85 bits per heavy atom. The van der Waals surface area contributed by atoms with Crippen molar-refractivity contribution in [2.24, 2.45) is 5.92 Å². The molecular weight excluding hydrogens is 430 g/mol. The summed E-state index contributed by atoms with van der Waals surface area (Å²) >= 11 is 0. The lowest BCUT2D eigenvalue weighted by Gasteiger charge is -2.31. The molecule has 0 aromatic heterocycles. The minimum atomic E-state index is -0.719. The number of nitrogens with zero attached hydrogens (tertiary/aromatic N) is 1. The maximum Gasteiger partial charge on any atom is 0.224 e. The summed E-state index contributed by atoms with van der Waals surface area (Å²) in [6.07, 6.45) is 2.90. The number of carbonyl (C=O) groups is 3. The third-order valence-electron chi connectivity index (χ3n) is 6.19. The molecule has 4 rings (SSSR count). The number of ketones is 1. The predicted molar refractivity (Wildman–Crippen MR) is 118 cm³/mol. The Balaban J connectivity index is 1.19. The van der Waals surface area contributed by atoms with Gasteiger partial charge in [0.25, 0.3) is 0 Å². The number of amides is 2. The average molecular weight is 456 g/mol. The Kier molecular flexibility index (Phi) is 7.01. The normalized spacial score (nSPS) is 16.2. The molecule has 0 unspecified atom stereocenters. The highest BCUT2D eigenvalue weighted by Gasteiger charge is 2.29. The highest BCUT2D eigenvalue weighted by atomic mass is 19.1. The summed E-state index contributed by atoms with van der Waals surface area (Å²) in [5.41, 5.74) is 1.64.